The summed E-state index contributed by atoms with van der Waals surface area (Å²) < 4.78 is 18.9. The first-order valence-electron chi connectivity index (χ1n) is 7.55. The van der Waals surface area contributed by atoms with E-state index in [1.54, 1.807) is 12.1 Å². The summed E-state index contributed by atoms with van der Waals surface area (Å²) in [4.78, 5) is 8.53. The summed E-state index contributed by atoms with van der Waals surface area (Å²) in [6, 6.07) is 12.2. The van der Waals surface area contributed by atoms with E-state index in [2.05, 4.69) is 9.88 Å². The van der Waals surface area contributed by atoms with Gasteiger partial charge in [0.15, 0.2) is 5.58 Å². The molecule has 1 aromatic heterocycles. The summed E-state index contributed by atoms with van der Waals surface area (Å²) in [6.07, 6.45) is 0. The van der Waals surface area contributed by atoms with Gasteiger partial charge in [-0.25, -0.2) is 4.39 Å². The quantitative estimate of drug-likeness (QED) is 0.788. The molecule has 0 unspecified atom stereocenters. The molecule has 1 saturated heterocycles. The monoisotopic (exact) mass is 313 g/mol. The summed E-state index contributed by atoms with van der Waals surface area (Å²) in [7, 11) is 0. The van der Waals surface area contributed by atoms with Crippen molar-refractivity contribution in [2.24, 2.45) is 0 Å². The minimum Gasteiger partial charge on any atom is -0.506 e. The molecule has 118 valence electrons. The van der Waals surface area contributed by atoms with E-state index in [1.807, 2.05) is 23.1 Å². The van der Waals surface area contributed by atoms with Crippen molar-refractivity contribution in [2.75, 3.05) is 36.0 Å². The van der Waals surface area contributed by atoms with E-state index < -0.39 is 0 Å². The summed E-state index contributed by atoms with van der Waals surface area (Å²) >= 11 is 0. The molecule has 0 saturated carbocycles. The third-order valence-corrected chi connectivity index (χ3v) is 4.11. The van der Waals surface area contributed by atoms with E-state index in [0.717, 1.165) is 31.9 Å². The zero-order valence-electron chi connectivity index (χ0n) is 12.4. The van der Waals surface area contributed by atoms with E-state index >= 15 is 0 Å². The molecule has 0 radical (unpaired) electrons. The van der Waals surface area contributed by atoms with Crippen molar-refractivity contribution in [3.05, 3.63) is 48.3 Å². The van der Waals surface area contributed by atoms with Crippen LogP contribution in [0.15, 0.2) is 46.9 Å². The van der Waals surface area contributed by atoms with Gasteiger partial charge in [0.05, 0.1) is 5.69 Å². The van der Waals surface area contributed by atoms with Crippen molar-refractivity contribution < 1.29 is 13.9 Å². The third kappa shape index (κ3) is 2.56. The molecule has 5 nitrogen and oxygen atoms in total. The van der Waals surface area contributed by atoms with Crippen molar-refractivity contribution in [2.45, 2.75) is 0 Å². The topological polar surface area (TPSA) is 52.7 Å². The maximum atomic E-state index is 13.2. The predicted octanol–water partition coefficient (Wildman–Crippen LogP) is 3.00. The van der Waals surface area contributed by atoms with Crippen LogP contribution in [0.3, 0.4) is 0 Å². The summed E-state index contributed by atoms with van der Waals surface area (Å²) in [6.45, 7) is 2.96. The molecule has 6 heteroatoms. The average molecular weight is 313 g/mol. The van der Waals surface area contributed by atoms with E-state index in [9.17, 15) is 9.50 Å². The molecule has 23 heavy (non-hydrogen) atoms. The number of rotatable bonds is 2. The molecule has 0 bridgehead atoms. The van der Waals surface area contributed by atoms with Crippen LogP contribution in [0, 0.1) is 5.82 Å². The maximum absolute atomic E-state index is 13.2. The van der Waals surface area contributed by atoms with Crippen molar-refractivity contribution >= 4 is 22.8 Å². The SMILES string of the molecule is Oc1ccccc1N1CCN(c2nc3cc(F)ccc3o2)CC1. The van der Waals surface area contributed by atoms with Crippen molar-refractivity contribution in [1.29, 1.82) is 0 Å². The lowest BCUT2D eigenvalue weighted by Crippen LogP contribution is -2.46. The van der Waals surface area contributed by atoms with Gasteiger partial charge < -0.3 is 19.3 Å². The van der Waals surface area contributed by atoms with Gasteiger partial charge >= 0.3 is 0 Å². The van der Waals surface area contributed by atoms with E-state index in [0.29, 0.717) is 22.9 Å². The second-order valence-corrected chi connectivity index (χ2v) is 5.57. The van der Waals surface area contributed by atoms with Gasteiger partial charge in [-0.05, 0) is 24.3 Å². The minimum atomic E-state index is -0.318. The second kappa shape index (κ2) is 5.46. The van der Waals surface area contributed by atoms with Crippen molar-refractivity contribution in [1.82, 2.24) is 4.98 Å². The van der Waals surface area contributed by atoms with Gasteiger partial charge in [-0.15, -0.1) is 0 Å². The largest absolute Gasteiger partial charge is 0.506 e. The lowest BCUT2D eigenvalue weighted by Gasteiger charge is -2.35. The van der Waals surface area contributed by atoms with Crippen LogP contribution in [0.25, 0.3) is 11.1 Å². The van der Waals surface area contributed by atoms with Crippen LogP contribution >= 0.6 is 0 Å². The molecule has 1 aliphatic rings. The number of benzene rings is 2. The number of piperazine rings is 1. The molecule has 0 atom stereocenters. The van der Waals surface area contributed by atoms with Gasteiger partial charge in [-0.3, -0.25) is 0 Å². The van der Waals surface area contributed by atoms with Gasteiger partial charge in [0.1, 0.15) is 17.1 Å². The van der Waals surface area contributed by atoms with Crippen LogP contribution in [0.1, 0.15) is 0 Å². The molecule has 4 rings (SSSR count). The van der Waals surface area contributed by atoms with Crippen LogP contribution in [0.2, 0.25) is 0 Å². The maximum Gasteiger partial charge on any atom is 0.298 e. The Labute approximate surface area is 132 Å². The first-order chi connectivity index (χ1) is 11.2. The molecule has 2 heterocycles. The summed E-state index contributed by atoms with van der Waals surface area (Å²) in [5, 5.41) is 9.95. The Balaban J connectivity index is 1.51. The first kappa shape index (κ1) is 13.9. The standard InChI is InChI=1S/C17H16FN3O2/c18-12-5-6-16-13(11-12)19-17(23-16)21-9-7-20(8-10-21)14-3-1-2-4-15(14)22/h1-6,11,22H,7-10H2. The molecule has 0 spiro atoms. The zero-order chi connectivity index (χ0) is 15.8. The summed E-state index contributed by atoms with van der Waals surface area (Å²) in [5.41, 5.74) is 1.96. The number of aromatic hydroxyl groups is 1. The number of fused-ring (bicyclic) bond motifs is 1. The van der Waals surface area contributed by atoms with Crippen LogP contribution in [0.5, 0.6) is 5.75 Å². The highest BCUT2D eigenvalue weighted by molar-refractivity contribution is 5.74. The Morgan fingerprint density at radius 1 is 1.00 bits per heavy atom. The highest BCUT2D eigenvalue weighted by Gasteiger charge is 2.22. The lowest BCUT2D eigenvalue weighted by molar-refractivity contribution is 0.471. The molecule has 0 amide bonds. The number of hydrogen-bond acceptors (Lipinski definition) is 5. The third-order valence-electron chi connectivity index (χ3n) is 4.11. The number of oxazole rings is 1. The van der Waals surface area contributed by atoms with E-state index in [-0.39, 0.29) is 5.82 Å². The molecule has 1 N–H and O–H groups in total. The molecular formula is C17H16FN3O2. The van der Waals surface area contributed by atoms with Gasteiger partial charge in [0.25, 0.3) is 6.01 Å². The Bertz CT molecular complexity index is 841. The number of halogens is 1. The molecule has 1 fully saturated rings. The van der Waals surface area contributed by atoms with Gasteiger partial charge in [0, 0.05) is 32.2 Å². The zero-order valence-corrected chi connectivity index (χ0v) is 12.4. The number of nitrogens with zero attached hydrogens (tertiary/aromatic N) is 3. The van der Waals surface area contributed by atoms with Crippen LogP contribution in [0.4, 0.5) is 16.1 Å². The second-order valence-electron chi connectivity index (χ2n) is 5.57. The first-order valence-corrected chi connectivity index (χ1v) is 7.55. The Morgan fingerprint density at radius 3 is 2.52 bits per heavy atom. The molecule has 3 aromatic rings. The number of phenolic OH excluding ortho intramolecular Hbond substituents is 1. The van der Waals surface area contributed by atoms with Crippen molar-refractivity contribution in [3.63, 3.8) is 0 Å². The normalized spacial score (nSPS) is 15.3. The molecule has 0 aliphatic carbocycles. The van der Waals surface area contributed by atoms with Crippen LogP contribution in [-0.4, -0.2) is 36.3 Å². The number of anilines is 2. The number of hydrogen-bond donors (Lipinski definition) is 1. The van der Waals surface area contributed by atoms with Gasteiger partial charge in [0.2, 0.25) is 0 Å². The predicted molar refractivity (Wildman–Crippen MR) is 86.5 cm³/mol. The summed E-state index contributed by atoms with van der Waals surface area (Å²) in [5.74, 6) is -0.0278. The number of phenols is 1. The fourth-order valence-electron chi connectivity index (χ4n) is 2.89. The average Bonchev–Trinajstić information content (AvgIpc) is 2.98. The number of aromatic nitrogens is 1. The van der Waals surface area contributed by atoms with Gasteiger partial charge in [-0.1, -0.05) is 12.1 Å². The Morgan fingerprint density at radius 2 is 1.74 bits per heavy atom. The van der Waals surface area contributed by atoms with Crippen LogP contribution in [-0.2, 0) is 0 Å². The Kier molecular flexibility index (Phi) is 3.29. The molecule has 1 aliphatic heterocycles. The van der Waals surface area contributed by atoms with E-state index in [4.69, 9.17) is 4.42 Å². The number of para-hydroxylation sites is 2. The van der Waals surface area contributed by atoms with E-state index in [1.165, 1.54) is 12.1 Å². The van der Waals surface area contributed by atoms with Crippen LogP contribution < -0.4 is 9.80 Å². The molecular weight excluding hydrogens is 297 g/mol. The highest BCUT2D eigenvalue weighted by atomic mass is 19.1. The fraction of sp³-hybridized carbons (Fsp3) is 0.235. The minimum absolute atomic E-state index is 0.290. The van der Waals surface area contributed by atoms with Gasteiger partial charge in [-0.2, -0.15) is 4.98 Å². The Hall–Kier alpha value is -2.76. The fourth-order valence-corrected chi connectivity index (χ4v) is 2.89. The highest BCUT2D eigenvalue weighted by Crippen LogP contribution is 2.29. The molecule has 2 aromatic carbocycles. The smallest absolute Gasteiger partial charge is 0.298 e. The lowest BCUT2D eigenvalue weighted by atomic mass is 10.2. The van der Waals surface area contributed by atoms with Crippen molar-refractivity contribution in [3.8, 4) is 5.75 Å².